The SMILES string of the molecule is CC(C)COc1cccc(C(=O)Nc2ccc(OCc3nccn3C)cc2)c1. The molecule has 0 radical (unpaired) electrons. The summed E-state index contributed by atoms with van der Waals surface area (Å²) in [6.07, 6.45) is 3.61. The Kier molecular flexibility index (Phi) is 6.32. The second kappa shape index (κ2) is 9.08. The van der Waals surface area contributed by atoms with Gasteiger partial charge >= 0.3 is 0 Å². The fourth-order valence-electron chi connectivity index (χ4n) is 2.51. The molecule has 3 aromatic rings. The number of anilines is 1. The molecule has 2 aromatic carbocycles. The number of rotatable bonds is 8. The van der Waals surface area contributed by atoms with Gasteiger partial charge in [-0.25, -0.2) is 4.98 Å². The largest absolute Gasteiger partial charge is 0.493 e. The summed E-state index contributed by atoms with van der Waals surface area (Å²) in [5.41, 5.74) is 1.25. The molecule has 0 fully saturated rings. The van der Waals surface area contributed by atoms with Crippen LogP contribution in [0.5, 0.6) is 11.5 Å². The van der Waals surface area contributed by atoms with Crippen LogP contribution in [0.2, 0.25) is 0 Å². The van der Waals surface area contributed by atoms with Gasteiger partial charge in [0.15, 0.2) is 0 Å². The summed E-state index contributed by atoms with van der Waals surface area (Å²) in [5, 5.41) is 2.89. The maximum Gasteiger partial charge on any atom is 0.255 e. The number of hydrogen-bond donors (Lipinski definition) is 1. The number of aromatic nitrogens is 2. The average Bonchev–Trinajstić information content (AvgIpc) is 3.11. The van der Waals surface area contributed by atoms with Crippen LogP contribution in [0.3, 0.4) is 0 Å². The summed E-state index contributed by atoms with van der Waals surface area (Å²) in [7, 11) is 1.92. The molecule has 0 saturated heterocycles. The molecule has 0 aliphatic rings. The Morgan fingerprint density at radius 1 is 1.11 bits per heavy atom. The van der Waals surface area contributed by atoms with E-state index >= 15 is 0 Å². The highest BCUT2D eigenvalue weighted by Crippen LogP contribution is 2.19. The monoisotopic (exact) mass is 379 g/mol. The Balaban J connectivity index is 1.57. The third-order valence-electron chi connectivity index (χ3n) is 4.08. The van der Waals surface area contributed by atoms with Gasteiger partial charge in [0, 0.05) is 30.7 Å². The highest BCUT2D eigenvalue weighted by Gasteiger charge is 2.08. The number of aryl methyl sites for hydroxylation is 1. The van der Waals surface area contributed by atoms with E-state index in [1.165, 1.54) is 0 Å². The molecule has 0 saturated carbocycles. The normalized spacial score (nSPS) is 10.7. The fourth-order valence-corrected chi connectivity index (χ4v) is 2.51. The summed E-state index contributed by atoms with van der Waals surface area (Å²) >= 11 is 0. The molecule has 1 amide bonds. The van der Waals surface area contributed by atoms with Crippen LogP contribution in [0.4, 0.5) is 5.69 Å². The van der Waals surface area contributed by atoms with Gasteiger partial charge in [0.2, 0.25) is 0 Å². The first-order chi connectivity index (χ1) is 13.5. The van der Waals surface area contributed by atoms with E-state index in [1.807, 2.05) is 54.2 Å². The van der Waals surface area contributed by atoms with Crippen molar-refractivity contribution in [3.05, 3.63) is 72.3 Å². The number of nitrogens with one attached hydrogen (secondary N) is 1. The maximum absolute atomic E-state index is 12.5. The summed E-state index contributed by atoms with van der Waals surface area (Å²) < 4.78 is 13.3. The molecule has 0 aliphatic heterocycles. The van der Waals surface area contributed by atoms with Crippen LogP contribution in [0, 0.1) is 5.92 Å². The molecule has 0 bridgehead atoms. The third-order valence-corrected chi connectivity index (χ3v) is 4.08. The second-order valence-electron chi connectivity index (χ2n) is 6.95. The minimum absolute atomic E-state index is 0.184. The van der Waals surface area contributed by atoms with Crippen LogP contribution >= 0.6 is 0 Å². The van der Waals surface area contributed by atoms with Crippen molar-refractivity contribution in [2.24, 2.45) is 13.0 Å². The van der Waals surface area contributed by atoms with Crippen LogP contribution in [0.1, 0.15) is 30.0 Å². The quantitative estimate of drug-likeness (QED) is 0.634. The van der Waals surface area contributed by atoms with Gasteiger partial charge in [0.25, 0.3) is 5.91 Å². The Bertz CT molecular complexity index is 917. The van der Waals surface area contributed by atoms with Crippen LogP contribution in [-0.2, 0) is 13.7 Å². The molecular formula is C22H25N3O3. The molecular weight excluding hydrogens is 354 g/mol. The standard InChI is InChI=1S/C22H25N3O3/c1-16(2)14-27-20-6-4-5-17(13-20)22(26)24-18-7-9-19(10-8-18)28-15-21-23-11-12-25(21)3/h4-13,16H,14-15H2,1-3H3,(H,24,26). The number of nitrogens with zero attached hydrogens (tertiary/aromatic N) is 2. The zero-order chi connectivity index (χ0) is 19.9. The van der Waals surface area contributed by atoms with Crippen molar-refractivity contribution in [1.29, 1.82) is 0 Å². The van der Waals surface area contributed by atoms with E-state index in [9.17, 15) is 4.79 Å². The first kappa shape index (κ1) is 19.5. The molecule has 0 aliphatic carbocycles. The Morgan fingerprint density at radius 2 is 1.89 bits per heavy atom. The molecule has 0 atom stereocenters. The highest BCUT2D eigenvalue weighted by atomic mass is 16.5. The van der Waals surface area contributed by atoms with Crippen molar-refractivity contribution in [2.45, 2.75) is 20.5 Å². The predicted molar refractivity (Wildman–Crippen MR) is 109 cm³/mol. The summed E-state index contributed by atoms with van der Waals surface area (Å²) in [6, 6.07) is 14.5. The molecule has 146 valence electrons. The number of carbonyl (C=O) groups is 1. The van der Waals surface area contributed by atoms with Crippen LogP contribution in [-0.4, -0.2) is 22.1 Å². The molecule has 28 heavy (non-hydrogen) atoms. The average molecular weight is 379 g/mol. The number of amides is 1. The van der Waals surface area contributed by atoms with Gasteiger partial charge in [0.05, 0.1) is 6.61 Å². The van der Waals surface area contributed by atoms with Gasteiger partial charge in [-0.3, -0.25) is 4.79 Å². The molecule has 1 aromatic heterocycles. The van der Waals surface area contributed by atoms with E-state index in [0.29, 0.717) is 41.9 Å². The van der Waals surface area contributed by atoms with Gasteiger partial charge in [-0.2, -0.15) is 0 Å². The lowest BCUT2D eigenvalue weighted by Crippen LogP contribution is -2.12. The molecule has 0 spiro atoms. The Labute approximate surface area is 165 Å². The van der Waals surface area contributed by atoms with E-state index in [1.54, 1.807) is 18.3 Å². The van der Waals surface area contributed by atoms with Crippen molar-refractivity contribution in [2.75, 3.05) is 11.9 Å². The Hall–Kier alpha value is -3.28. The van der Waals surface area contributed by atoms with Crippen LogP contribution < -0.4 is 14.8 Å². The number of benzene rings is 2. The zero-order valence-electron chi connectivity index (χ0n) is 16.4. The van der Waals surface area contributed by atoms with Crippen molar-refractivity contribution in [1.82, 2.24) is 9.55 Å². The minimum Gasteiger partial charge on any atom is -0.493 e. The third kappa shape index (κ3) is 5.36. The molecule has 6 nitrogen and oxygen atoms in total. The number of hydrogen-bond acceptors (Lipinski definition) is 4. The molecule has 1 heterocycles. The summed E-state index contributed by atoms with van der Waals surface area (Å²) in [4.78, 5) is 16.7. The number of imidazole rings is 1. The lowest BCUT2D eigenvalue weighted by atomic mass is 10.2. The lowest BCUT2D eigenvalue weighted by Gasteiger charge is -2.11. The lowest BCUT2D eigenvalue weighted by molar-refractivity contribution is 0.102. The van der Waals surface area contributed by atoms with E-state index in [0.717, 1.165) is 5.82 Å². The van der Waals surface area contributed by atoms with Gasteiger partial charge < -0.3 is 19.4 Å². The van der Waals surface area contributed by atoms with Crippen molar-refractivity contribution in [3.63, 3.8) is 0 Å². The van der Waals surface area contributed by atoms with E-state index < -0.39 is 0 Å². The van der Waals surface area contributed by atoms with Crippen molar-refractivity contribution < 1.29 is 14.3 Å². The summed E-state index contributed by atoms with van der Waals surface area (Å²) in [5.74, 6) is 2.49. The summed E-state index contributed by atoms with van der Waals surface area (Å²) in [6.45, 7) is 5.17. The van der Waals surface area contributed by atoms with Gasteiger partial charge in [-0.05, 0) is 48.4 Å². The van der Waals surface area contributed by atoms with Gasteiger partial charge in [-0.15, -0.1) is 0 Å². The van der Waals surface area contributed by atoms with Gasteiger partial charge in [-0.1, -0.05) is 19.9 Å². The van der Waals surface area contributed by atoms with Crippen molar-refractivity contribution >= 4 is 11.6 Å². The molecule has 1 N–H and O–H groups in total. The van der Waals surface area contributed by atoms with Crippen LogP contribution in [0.15, 0.2) is 60.9 Å². The fraction of sp³-hybridized carbons (Fsp3) is 0.273. The van der Waals surface area contributed by atoms with Crippen molar-refractivity contribution in [3.8, 4) is 11.5 Å². The highest BCUT2D eigenvalue weighted by molar-refractivity contribution is 6.04. The van der Waals surface area contributed by atoms with E-state index in [-0.39, 0.29) is 5.91 Å². The minimum atomic E-state index is -0.184. The van der Waals surface area contributed by atoms with E-state index in [2.05, 4.69) is 24.1 Å². The smallest absolute Gasteiger partial charge is 0.255 e. The number of carbonyl (C=O) groups excluding carboxylic acids is 1. The van der Waals surface area contributed by atoms with Gasteiger partial charge in [0.1, 0.15) is 23.9 Å². The zero-order valence-corrected chi connectivity index (χ0v) is 16.4. The molecule has 3 rings (SSSR count). The van der Waals surface area contributed by atoms with E-state index in [4.69, 9.17) is 9.47 Å². The first-order valence-electron chi connectivity index (χ1n) is 9.24. The molecule has 0 unspecified atom stereocenters. The first-order valence-corrected chi connectivity index (χ1v) is 9.24. The predicted octanol–water partition coefficient (Wildman–Crippen LogP) is 4.29. The number of ether oxygens (including phenoxy) is 2. The maximum atomic E-state index is 12.5. The Morgan fingerprint density at radius 3 is 2.57 bits per heavy atom. The van der Waals surface area contributed by atoms with Crippen LogP contribution in [0.25, 0.3) is 0 Å². The topological polar surface area (TPSA) is 65.4 Å². The second-order valence-corrected chi connectivity index (χ2v) is 6.95. The molecule has 6 heteroatoms.